The smallest absolute Gasteiger partial charge is 0.387 e. The molecular weight excluding hydrogens is 388 g/mol. The van der Waals surface area contributed by atoms with Crippen LogP contribution in [0, 0.1) is 0 Å². The van der Waals surface area contributed by atoms with Crippen molar-refractivity contribution in [3.63, 3.8) is 0 Å². The third kappa shape index (κ3) is 6.06. The number of carbonyl (C=O) groups is 2. The van der Waals surface area contributed by atoms with Crippen LogP contribution < -0.4 is 19.5 Å². The van der Waals surface area contributed by atoms with Gasteiger partial charge >= 0.3 is 12.6 Å². The maximum Gasteiger partial charge on any atom is 0.387 e. The molecule has 0 heterocycles. The zero-order chi connectivity index (χ0) is 21.4. The molecule has 1 amide bonds. The first kappa shape index (κ1) is 21.9. The van der Waals surface area contributed by atoms with Gasteiger partial charge in [-0.05, 0) is 31.2 Å². The standard InChI is InChI=1S/C20H21F2NO6/c1-12(18(24)23-11-14-6-4-5-7-15(14)26-2)28-19(25)13-8-9-16(29-20(21)22)17(10-13)27-3/h4-10,12,20H,11H2,1-3H3,(H,23,24)/t12-/m0/s1. The third-order valence-corrected chi connectivity index (χ3v) is 3.91. The fraction of sp³-hybridized carbons (Fsp3) is 0.300. The van der Waals surface area contributed by atoms with Gasteiger partial charge in [0, 0.05) is 12.1 Å². The van der Waals surface area contributed by atoms with Crippen molar-refractivity contribution in [2.24, 2.45) is 0 Å². The molecule has 0 saturated heterocycles. The van der Waals surface area contributed by atoms with Gasteiger partial charge in [-0.1, -0.05) is 18.2 Å². The Morgan fingerprint density at radius 3 is 2.34 bits per heavy atom. The highest BCUT2D eigenvalue weighted by Gasteiger charge is 2.21. The van der Waals surface area contributed by atoms with Gasteiger partial charge in [0.2, 0.25) is 0 Å². The van der Waals surface area contributed by atoms with Gasteiger partial charge in [-0.15, -0.1) is 0 Å². The van der Waals surface area contributed by atoms with E-state index in [1.807, 2.05) is 6.07 Å². The van der Waals surface area contributed by atoms with Crippen molar-refractivity contribution >= 4 is 11.9 Å². The number of rotatable bonds is 9. The van der Waals surface area contributed by atoms with Gasteiger partial charge in [0.25, 0.3) is 5.91 Å². The number of benzene rings is 2. The number of hydrogen-bond donors (Lipinski definition) is 1. The van der Waals surface area contributed by atoms with Gasteiger partial charge in [-0.25, -0.2) is 4.79 Å². The first-order chi connectivity index (χ1) is 13.8. The van der Waals surface area contributed by atoms with Crippen molar-refractivity contribution in [3.05, 3.63) is 53.6 Å². The molecule has 1 N–H and O–H groups in total. The monoisotopic (exact) mass is 409 g/mol. The summed E-state index contributed by atoms with van der Waals surface area (Å²) in [5, 5.41) is 2.66. The normalized spacial score (nSPS) is 11.5. The summed E-state index contributed by atoms with van der Waals surface area (Å²) in [5.74, 6) is -0.981. The average molecular weight is 409 g/mol. The minimum Gasteiger partial charge on any atom is -0.496 e. The van der Waals surface area contributed by atoms with E-state index in [0.29, 0.717) is 5.75 Å². The summed E-state index contributed by atoms with van der Waals surface area (Å²) in [4.78, 5) is 24.5. The van der Waals surface area contributed by atoms with Crippen LogP contribution in [-0.4, -0.2) is 38.8 Å². The van der Waals surface area contributed by atoms with Gasteiger partial charge in [0.05, 0.1) is 19.8 Å². The van der Waals surface area contributed by atoms with Crippen LogP contribution in [0.3, 0.4) is 0 Å². The number of nitrogens with one attached hydrogen (secondary N) is 1. The summed E-state index contributed by atoms with van der Waals surface area (Å²) >= 11 is 0. The second-order valence-corrected chi connectivity index (χ2v) is 5.82. The van der Waals surface area contributed by atoms with E-state index in [-0.39, 0.29) is 23.6 Å². The summed E-state index contributed by atoms with van der Waals surface area (Å²) in [6.07, 6.45) is -1.08. The SMILES string of the molecule is COc1ccccc1CNC(=O)[C@H](C)OC(=O)c1ccc(OC(F)F)c(OC)c1. The number of para-hydroxylation sites is 1. The molecule has 0 aliphatic carbocycles. The number of carbonyl (C=O) groups excluding carboxylic acids is 2. The molecular formula is C20H21F2NO6. The molecule has 0 spiro atoms. The molecule has 0 fully saturated rings. The average Bonchev–Trinajstić information content (AvgIpc) is 2.71. The molecule has 2 aromatic carbocycles. The van der Waals surface area contributed by atoms with E-state index in [1.165, 1.54) is 33.3 Å². The Morgan fingerprint density at radius 1 is 1.00 bits per heavy atom. The Balaban J connectivity index is 1.98. The predicted octanol–water partition coefficient (Wildman–Crippen LogP) is 3.17. The molecule has 0 aliphatic heterocycles. The molecule has 0 aliphatic rings. The van der Waals surface area contributed by atoms with E-state index in [1.54, 1.807) is 18.2 Å². The van der Waals surface area contributed by atoms with E-state index < -0.39 is 24.6 Å². The maximum atomic E-state index is 12.4. The molecule has 2 rings (SSSR count). The van der Waals surface area contributed by atoms with Crippen molar-refractivity contribution < 1.29 is 37.3 Å². The molecule has 9 heteroatoms. The molecule has 2 aromatic rings. The van der Waals surface area contributed by atoms with Crippen molar-refractivity contribution in [1.82, 2.24) is 5.32 Å². The Bertz CT molecular complexity index is 859. The second-order valence-electron chi connectivity index (χ2n) is 5.82. The van der Waals surface area contributed by atoms with Gasteiger partial charge in [0.15, 0.2) is 17.6 Å². The predicted molar refractivity (Wildman–Crippen MR) is 99.3 cm³/mol. The first-order valence-electron chi connectivity index (χ1n) is 8.59. The highest BCUT2D eigenvalue weighted by molar-refractivity contribution is 5.92. The largest absolute Gasteiger partial charge is 0.496 e. The summed E-state index contributed by atoms with van der Waals surface area (Å²) in [6, 6.07) is 10.8. The number of hydrogen-bond acceptors (Lipinski definition) is 6. The van der Waals surface area contributed by atoms with E-state index in [9.17, 15) is 18.4 Å². The van der Waals surface area contributed by atoms with Crippen molar-refractivity contribution in [2.75, 3.05) is 14.2 Å². The number of alkyl halides is 2. The molecule has 0 unspecified atom stereocenters. The van der Waals surface area contributed by atoms with Gasteiger partial charge in [0.1, 0.15) is 5.75 Å². The molecule has 0 aromatic heterocycles. The number of esters is 1. The van der Waals surface area contributed by atoms with Crippen LogP contribution in [0.15, 0.2) is 42.5 Å². The summed E-state index contributed by atoms with van der Waals surface area (Å²) in [5.41, 5.74) is 0.786. The van der Waals surface area contributed by atoms with Crippen LogP contribution in [0.5, 0.6) is 17.2 Å². The van der Waals surface area contributed by atoms with Gasteiger partial charge < -0.3 is 24.3 Å². The van der Waals surface area contributed by atoms with Crippen molar-refractivity contribution in [1.29, 1.82) is 0 Å². The lowest BCUT2D eigenvalue weighted by molar-refractivity contribution is -0.129. The fourth-order valence-corrected chi connectivity index (χ4v) is 2.45. The topological polar surface area (TPSA) is 83.1 Å². The number of methoxy groups -OCH3 is 2. The summed E-state index contributed by atoms with van der Waals surface area (Å²) < 4.78 is 44.3. The lowest BCUT2D eigenvalue weighted by Gasteiger charge is -2.15. The second kappa shape index (κ2) is 10.3. The maximum absolute atomic E-state index is 12.4. The molecule has 0 saturated carbocycles. The molecule has 1 atom stereocenters. The number of halogens is 2. The first-order valence-corrected chi connectivity index (χ1v) is 8.59. The Labute approximate surface area is 166 Å². The lowest BCUT2D eigenvalue weighted by atomic mass is 10.2. The fourth-order valence-electron chi connectivity index (χ4n) is 2.45. The van der Waals surface area contributed by atoms with Crippen LogP contribution in [0.25, 0.3) is 0 Å². The van der Waals surface area contributed by atoms with Crippen LogP contribution in [0.2, 0.25) is 0 Å². The molecule has 29 heavy (non-hydrogen) atoms. The van der Waals surface area contributed by atoms with Crippen LogP contribution in [0.1, 0.15) is 22.8 Å². The minimum absolute atomic E-state index is 0.0212. The molecule has 7 nitrogen and oxygen atoms in total. The van der Waals surface area contributed by atoms with E-state index in [2.05, 4.69) is 10.1 Å². The third-order valence-electron chi connectivity index (χ3n) is 3.91. The minimum atomic E-state index is -3.03. The Morgan fingerprint density at radius 2 is 1.69 bits per heavy atom. The van der Waals surface area contributed by atoms with Crippen molar-refractivity contribution in [2.45, 2.75) is 26.2 Å². The zero-order valence-corrected chi connectivity index (χ0v) is 16.1. The molecule has 156 valence electrons. The van der Waals surface area contributed by atoms with Gasteiger partial charge in [-0.2, -0.15) is 8.78 Å². The van der Waals surface area contributed by atoms with Crippen molar-refractivity contribution in [3.8, 4) is 17.2 Å². The summed E-state index contributed by atoms with van der Waals surface area (Å²) in [7, 11) is 2.77. The number of ether oxygens (including phenoxy) is 4. The zero-order valence-electron chi connectivity index (χ0n) is 16.1. The van der Waals surface area contributed by atoms with E-state index in [0.717, 1.165) is 11.6 Å². The Hall–Kier alpha value is -3.36. The highest BCUT2D eigenvalue weighted by atomic mass is 19.3. The lowest BCUT2D eigenvalue weighted by Crippen LogP contribution is -2.35. The Kier molecular flexibility index (Phi) is 7.76. The van der Waals surface area contributed by atoms with Crippen LogP contribution in [-0.2, 0) is 16.1 Å². The van der Waals surface area contributed by atoms with E-state index in [4.69, 9.17) is 14.2 Å². The van der Waals surface area contributed by atoms with Gasteiger partial charge in [-0.3, -0.25) is 4.79 Å². The highest BCUT2D eigenvalue weighted by Crippen LogP contribution is 2.29. The van der Waals surface area contributed by atoms with Crippen LogP contribution >= 0.6 is 0 Å². The summed E-state index contributed by atoms with van der Waals surface area (Å²) in [6.45, 7) is -1.42. The molecule has 0 radical (unpaired) electrons. The van der Waals surface area contributed by atoms with Crippen LogP contribution in [0.4, 0.5) is 8.78 Å². The quantitative estimate of drug-likeness (QED) is 0.641. The van der Waals surface area contributed by atoms with E-state index >= 15 is 0 Å². The number of amides is 1. The molecule has 0 bridgehead atoms.